The summed E-state index contributed by atoms with van der Waals surface area (Å²) in [7, 11) is 0. The summed E-state index contributed by atoms with van der Waals surface area (Å²) in [6, 6.07) is 8.84. The van der Waals surface area contributed by atoms with Crippen LogP contribution >= 0.6 is 0 Å². The van der Waals surface area contributed by atoms with E-state index in [4.69, 9.17) is 9.84 Å². The van der Waals surface area contributed by atoms with E-state index in [0.29, 0.717) is 5.56 Å². The molecular weight excluding hydrogens is 204 g/mol. The van der Waals surface area contributed by atoms with Gasteiger partial charge >= 0.3 is 5.97 Å². The van der Waals surface area contributed by atoms with Gasteiger partial charge < -0.3 is 9.84 Å². The van der Waals surface area contributed by atoms with E-state index in [1.807, 2.05) is 19.9 Å². The third-order valence-electron chi connectivity index (χ3n) is 2.39. The van der Waals surface area contributed by atoms with Gasteiger partial charge in [0.15, 0.2) is 0 Å². The van der Waals surface area contributed by atoms with E-state index in [2.05, 4.69) is 0 Å². The Balaban J connectivity index is 2.55. The first-order valence-electron chi connectivity index (χ1n) is 5.13. The van der Waals surface area contributed by atoms with Crippen LogP contribution in [0.15, 0.2) is 41.5 Å². The highest BCUT2D eigenvalue weighted by atomic mass is 16.5. The molecule has 0 aliphatic carbocycles. The van der Waals surface area contributed by atoms with Gasteiger partial charge in [-0.2, -0.15) is 0 Å². The van der Waals surface area contributed by atoms with E-state index >= 15 is 0 Å². The van der Waals surface area contributed by atoms with Crippen molar-refractivity contribution in [2.24, 2.45) is 0 Å². The van der Waals surface area contributed by atoms with Crippen LogP contribution in [0.3, 0.4) is 0 Å². The van der Waals surface area contributed by atoms with Crippen LogP contribution in [0.25, 0.3) is 0 Å². The maximum absolute atomic E-state index is 11.6. The Kier molecular flexibility index (Phi) is 4.73. The molecule has 0 aromatic heterocycles. The summed E-state index contributed by atoms with van der Waals surface area (Å²) in [5.41, 5.74) is 2.25. The lowest BCUT2D eigenvalue weighted by molar-refractivity contribution is 0.0538. The summed E-state index contributed by atoms with van der Waals surface area (Å²) in [5.74, 6) is -0.342. The minimum absolute atomic E-state index is 0.00524. The van der Waals surface area contributed by atoms with Crippen molar-refractivity contribution in [1.82, 2.24) is 0 Å². The van der Waals surface area contributed by atoms with Crippen LogP contribution in [0.2, 0.25) is 0 Å². The standard InChI is InChI=1S/C13H16O3/c1-10(8-14)11(2)9-16-13(15)12-6-4-3-5-7-12/h3-7,14H,8-9H2,1-2H3/b11-10+. The average molecular weight is 220 g/mol. The lowest BCUT2D eigenvalue weighted by Crippen LogP contribution is -2.08. The van der Waals surface area contributed by atoms with Gasteiger partial charge in [-0.25, -0.2) is 4.79 Å². The second kappa shape index (κ2) is 6.08. The van der Waals surface area contributed by atoms with Gasteiger partial charge in [-0.1, -0.05) is 18.2 Å². The van der Waals surface area contributed by atoms with Crippen LogP contribution in [0.5, 0.6) is 0 Å². The summed E-state index contributed by atoms with van der Waals surface area (Å²) in [4.78, 5) is 11.6. The monoisotopic (exact) mass is 220 g/mol. The van der Waals surface area contributed by atoms with Crippen molar-refractivity contribution in [2.45, 2.75) is 13.8 Å². The Bertz CT molecular complexity index is 379. The van der Waals surface area contributed by atoms with Gasteiger partial charge in [0.1, 0.15) is 6.61 Å². The highest BCUT2D eigenvalue weighted by Gasteiger charge is 2.06. The van der Waals surface area contributed by atoms with Gasteiger partial charge in [0.2, 0.25) is 0 Å². The number of esters is 1. The number of hydrogen-bond donors (Lipinski definition) is 1. The molecule has 1 N–H and O–H groups in total. The lowest BCUT2D eigenvalue weighted by Gasteiger charge is -2.07. The molecule has 0 radical (unpaired) electrons. The minimum Gasteiger partial charge on any atom is -0.458 e. The Hall–Kier alpha value is -1.61. The minimum atomic E-state index is -0.342. The number of aliphatic hydroxyl groups is 1. The van der Waals surface area contributed by atoms with Crippen LogP contribution in [0, 0.1) is 0 Å². The molecule has 16 heavy (non-hydrogen) atoms. The Morgan fingerprint density at radius 1 is 1.19 bits per heavy atom. The van der Waals surface area contributed by atoms with Crippen molar-refractivity contribution >= 4 is 5.97 Å². The number of benzene rings is 1. The molecule has 86 valence electrons. The van der Waals surface area contributed by atoms with Crippen molar-refractivity contribution in [1.29, 1.82) is 0 Å². The van der Waals surface area contributed by atoms with Gasteiger partial charge in [-0.15, -0.1) is 0 Å². The molecule has 3 nitrogen and oxygen atoms in total. The number of aliphatic hydroxyl groups excluding tert-OH is 1. The maximum Gasteiger partial charge on any atom is 0.338 e. The van der Waals surface area contributed by atoms with Crippen LogP contribution in [0.4, 0.5) is 0 Å². The number of ether oxygens (including phenoxy) is 1. The van der Waals surface area contributed by atoms with E-state index in [1.165, 1.54) is 0 Å². The zero-order valence-electron chi connectivity index (χ0n) is 9.56. The van der Waals surface area contributed by atoms with Crippen molar-refractivity contribution in [3.8, 4) is 0 Å². The number of carbonyl (C=O) groups excluding carboxylic acids is 1. The highest BCUT2D eigenvalue weighted by molar-refractivity contribution is 5.89. The molecule has 0 unspecified atom stereocenters. The van der Waals surface area contributed by atoms with E-state index in [-0.39, 0.29) is 19.2 Å². The topological polar surface area (TPSA) is 46.5 Å². The number of carbonyl (C=O) groups is 1. The largest absolute Gasteiger partial charge is 0.458 e. The molecule has 0 saturated carbocycles. The molecule has 0 fully saturated rings. The van der Waals surface area contributed by atoms with Gasteiger partial charge in [0.25, 0.3) is 0 Å². The molecule has 1 aromatic carbocycles. The molecule has 0 saturated heterocycles. The Morgan fingerprint density at radius 2 is 1.81 bits per heavy atom. The molecule has 1 aromatic rings. The second-order valence-corrected chi connectivity index (χ2v) is 3.66. The van der Waals surface area contributed by atoms with Gasteiger partial charge in [-0.3, -0.25) is 0 Å². The molecule has 0 aliphatic heterocycles. The molecule has 0 bridgehead atoms. The lowest BCUT2D eigenvalue weighted by atomic mass is 10.2. The zero-order chi connectivity index (χ0) is 12.0. The van der Waals surface area contributed by atoms with Gasteiger partial charge in [0, 0.05) is 0 Å². The van der Waals surface area contributed by atoms with Crippen molar-refractivity contribution in [3.05, 3.63) is 47.0 Å². The molecule has 3 heteroatoms. The van der Waals surface area contributed by atoms with Crippen LogP contribution in [0.1, 0.15) is 24.2 Å². The van der Waals surface area contributed by atoms with E-state index < -0.39 is 0 Å². The second-order valence-electron chi connectivity index (χ2n) is 3.66. The predicted molar refractivity (Wildman–Crippen MR) is 62.2 cm³/mol. The number of hydrogen-bond acceptors (Lipinski definition) is 3. The van der Waals surface area contributed by atoms with Crippen LogP contribution < -0.4 is 0 Å². The Labute approximate surface area is 95.4 Å². The van der Waals surface area contributed by atoms with Crippen molar-refractivity contribution in [3.63, 3.8) is 0 Å². The number of rotatable bonds is 4. The summed E-state index contributed by atoms with van der Waals surface area (Å²) in [6.07, 6.45) is 0. The smallest absolute Gasteiger partial charge is 0.338 e. The average Bonchev–Trinajstić information content (AvgIpc) is 2.35. The molecule has 1 rings (SSSR count). The van der Waals surface area contributed by atoms with Crippen molar-refractivity contribution in [2.75, 3.05) is 13.2 Å². The predicted octanol–water partition coefficient (Wildman–Crippen LogP) is 2.17. The Morgan fingerprint density at radius 3 is 2.38 bits per heavy atom. The fraction of sp³-hybridized carbons (Fsp3) is 0.308. The molecule has 0 spiro atoms. The van der Waals surface area contributed by atoms with Crippen LogP contribution in [-0.4, -0.2) is 24.3 Å². The first-order valence-corrected chi connectivity index (χ1v) is 5.13. The maximum atomic E-state index is 11.6. The summed E-state index contributed by atoms with van der Waals surface area (Å²) in [6.45, 7) is 3.87. The van der Waals surface area contributed by atoms with Crippen molar-refractivity contribution < 1.29 is 14.6 Å². The fourth-order valence-corrected chi connectivity index (χ4v) is 1.09. The molecule has 0 amide bonds. The normalized spacial score (nSPS) is 11.9. The molecule has 0 aliphatic rings. The van der Waals surface area contributed by atoms with Gasteiger partial charge in [-0.05, 0) is 37.1 Å². The first kappa shape index (κ1) is 12.5. The highest BCUT2D eigenvalue weighted by Crippen LogP contribution is 2.06. The molecular formula is C13H16O3. The summed E-state index contributed by atoms with van der Waals surface area (Å²) in [5, 5.41) is 8.89. The van der Waals surface area contributed by atoms with Gasteiger partial charge in [0.05, 0.1) is 12.2 Å². The van der Waals surface area contributed by atoms with E-state index in [1.54, 1.807) is 24.3 Å². The third-order valence-corrected chi connectivity index (χ3v) is 2.39. The SMILES string of the molecule is C/C(CO)=C(/C)COC(=O)c1ccccc1. The zero-order valence-corrected chi connectivity index (χ0v) is 9.56. The fourth-order valence-electron chi connectivity index (χ4n) is 1.09. The quantitative estimate of drug-likeness (QED) is 0.625. The summed E-state index contributed by atoms with van der Waals surface area (Å²) >= 11 is 0. The van der Waals surface area contributed by atoms with Crippen LogP contribution in [-0.2, 0) is 4.74 Å². The molecule has 0 atom stereocenters. The van der Waals surface area contributed by atoms with E-state index in [0.717, 1.165) is 11.1 Å². The molecule has 0 heterocycles. The van der Waals surface area contributed by atoms with E-state index in [9.17, 15) is 4.79 Å². The summed E-state index contributed by atoms with van der Waals surface area (Å²) < 4.78 is 5.10. The third kappa shape index (κ3) is 3.51. The first-order chi connectivity index (χ1) is 7.65.